The Balaban J connectivity index is 1.84. The number of carbonyl (C=O) groups excluding carboxylic acids is 1. The molecule has 2 heterocycles. The Labute approximate surface area is 139 Å². The molecule has 1 aromatic carbocycles. The molecule has 2 aliphatic rings. The second-order valence-electron chi connectivity index (χ2n) is 7.07. The summed E-state index contributed by atoms with van der Waals surface area (Å²) in [5.41, 5.74) is 8.96. The molecule has 1 unspecified atom stereocenters. The predicted molar refractivity (Wildman–Crippen MR) is 89.7 cm³/mol. The second-order valence-corrected chi connectivity index (χ2v) is 7.07. The summed E-state index contributed by atoms with van der Waals surface area (Å²) in [7, 11) is 2.05. The smallest absolute Gasteiger partial charge is 0.323 e. The fraction of sp³-hybridized carbons (Fsp3) is 0.444. The van der Waals surface area contributed by atoms with Crippen molar-refractivity contribution in [1.82, 2.24) is 9.47 Å². The summed E-state index contributed by atoms with van der Waals surface area (Å²) in [6.07, 6.45) is 3.63. The van der Waals surface area contributed by atoms with Crippen molar-refractivity contribution >= 4 is 22.8 Å². The number of carbonyl (C=O) groups is 2. The molecule has 3 N–H and O–H groups in total. The maximum atomic E-state index is 11.7. The number of carboxylic acids is 1. The average molecular weight is 327 g/mol. The van der Waals surface area contributed by atoms with Crippen molar-refractivity contribution in [1.29, 1.82) is 0 Å². The fourth-order valence-electron chi connectivity index (χ4n) is 4.60. The number of rotatable bonds is 3. The van der Waals surface area contributed by atoms with Crippen LogP contribution in [0.3, 0.4) is 0 Å². The number of primary amides is 1. The number of benzene rings is 1. The van der Waals surface area contributed by atoms with Crippen LogP contribution in [0, 0.1) is 5.92 Å². The molecule has 6 nitrogen and oxygen atoms in total. The highest BCUT2D eigenvalue weighted by molar-refractivity contribution is 5.90. The maximum absolute atomic E-state index is 11.7. The van der Waals surface area contributed by atoms with Gasteiger partial charge in [-0.15, -0.1) is 0 Å². The Kier molecular flexibility index (Phi) is 3.38. The third kappa shape index (κ3) is 2.21. The minimum absolute atomic E-state index is 0.0327. The lowest BCUT2D eigenvalue weighted by Crippen LogP contribution is -2.50. The molecule has 6 heteroatoms. The first kappa shape index (κ1) is 15.2. The Bertz CT molecular complexity index is 841. The van der Waals surface area contributed by atoms with Crippen molar-refractivity contribution in [3.63, 3.8) is 0 Å². The summed E-state index contributed by atoms with van der Waals surface area (Å²) in [5.74, 6) is -0.944. The van der Waals surface area contributed by atoms with E-state index in [9.17, 15) is 9.59 Å². The maximum Gasteiger partial charge on any atom is 0.323 e. The molecule has 0 saturated carbocycles. The summed E-state index contributed by atoms with van der Waals surface area (Å²) in [6, 6.07) is 6.41. The van der Waals surface area contributed by atoms with Crippen LogP contribution in [0.4, 0.5) is 0 Å². The summed E-state index contributed by atoms with van der Waals surface area (Å²) in [4.78, 5) is 25.1. The molecule has 0 bridgehead atoms. The molecule has 24 heavy (non-hydrogen) atoms. The van der Waals surface area contributed by atoms with Crippen molar-refractivity contribution in [3.05, 3.63) is 35.5 Å². The van der Waals surface area contributed by atoms with Crippen LogP contribution in [0.2, 0.25) is 0 Å². The number of nitrogens with zero attached hydrogens (tertiary/aromatic N) is 2. The molecule has 4 rings (SSSR count). The molecule has 1 aromatic heterocycles. The van der Waals surface area contributed by atoms with Gasteiger partial charge in [0.25, 0.3) is 0 Å². The highest BCUT2D eigenvalue weighted by atomic mass is 16.4. The number of nitrogens with two attached hydrogens (primary N) is 1. The van der Waals surface area contributed by atoms with Crippen molar-refractivity contribution in [2.45, 2.75) is 31.3 Å². The third-order valence-corrected chi connectivity index (χ3v) is 5.63. The number of hydrogen-bond donors (Lipinski definition) is 2. The Hall–Kier alpha value is -2.34. The summed E-state index contributed by atoms with van der Waals surface area (Å²) in [6.45, 7) is 0.659. The van der Waals surface area contributed by atoms with E-state index in [2.05, 4.69) is 11.0 Å². The molecule has 0 radical (unpaired) electrons. The van der Waals surface area contributed by atoms with Gasteiger partial charge in [-0.2, -0.15) is 0 Å². The van der Waals surface area contributed by atoms with E-state index >= 15 is 0 Å². The van der Waals surface area contributed by atoms with Gasteiger partial charge < -0.3 is 20.3 Å². The quantitative estimate of drug-likeness (QED) is 0.886. The minimum Gasteiger partial charge on any atom is -0.480 e. The van der Waals surface area contributed by atoms with Gasteiger partial charge in [0.2, 0.25) is 5.91 Å². The van der Waals surface area contributed by atoms with Gasteiger partial charge in [-0.25, -0.2) is 0 Å². The van der Waals surface area contributed by atoms with Gasteiger partial charge in [0, 0.05) is 35.6 Å². The van der Waals surface area contributed by atoms with E-state index in [1.165, 1.54) is 16.5 Å². The van der Waals surface area contributed by atoms with E-state index in [1.807, 2.05) is 29.9 Å². The van der Waals surface area contributed by atoms with Crippen LogP contribution in [0.15, 0.2) is 24.4 Å². The fourth-order valence-corrected chi connectivity index (χ4v) is 4.60. The molecule has 126 valence electrons. The number of fused-ring (bicyclic) bond motifs is 2. The second kappa shape index (κ2) is 5.34. The largest absolute Gasteiger partial charge is 0.480 e. The number of amides is 1. The number of carboxylic acid groups (broad SMARTS) is 1. The first-order chi connectivity index (χ1) is 11.5. The summed E-state index contributed by atoms with van der Waals surface area (Å²) < 4.78 is 1.82. The number of aromatic nitrogens is 1. The van der Waals surface area contributed by atoms with Gasteiger partial charge in [0.05, 0.1) is 5.92 Å². The number of likely N-dealkylation sites (tertiary alicyclic amines) is 1. The van der Waals surface area contributed by atoms with E-state index in [1.54, 1.807) is 0 Å². The number of hydrogen-bond acceptors (Lipinski definition) is 3. The molecule has 1 saturated heterocycles. The topological polar surface area (TPSA) is 88.6 Å². The highest BCUT2D eigenvalue weighted by Crippen LogP contribution is 2.44. The van der Waals surface area contributed by atoms with Gasteiger partial charge in [-0.05, 0) is 37.1 Å². The van der Waals surface area contributed by atoms with Crippen LogP contribution in [-0.2, 0) is 22.6 Å². The van der Waals surface area contributed by atoms with Gasteiger partial charge in [-0.1, -0.05) is 12.1 Å². The van der Waals surface area contributed by atoms with Crippen LogP contribution in [0.25, 0.3) is 10.9 Å². The Morgan fingerprint density at radius 1 is 1.38 bits per heavy atom. The molecular weight excluding hydrogens is 306 g/mol. The molecular formula is C18H21N3O3. The van der Waals surface area contributed by atoms with Gasteiger partial charge in [-0.3, -0.25) is 9.59 Å². The van der Waals surface area contributed by atoms with Crippen LogP contribution < -0.4 is 5.73 Å². The molecule has 1 fully saturated rings. The van der Waals surface area contributed by atoms with Gasteiger partial charge >= 0.3 is 5.97 Å². The molecule has 1 aliphatic carbocycles. The number of likely N-dealkylation sites (N-methyl/N-ethyl adjacent to an activating group) is 1. The third-order valence-electron chi connectivity index (χ3n) is 5.63. The highest BCUT2D eigenvalue weighted by Gasteiger charge is 2.41. The van der Waals surface area contributed by atoms with Crippen molar-refractivity contribution in [2.75, 3.05) is 13.6 Å². The van der Waals surface area contributed by atoms with E-state index in [0.717, 1.165) is 18.4 Å². The summed E-state index contributed by atoms with van der Waals surface area (Å²) >= 11 is 0. The Morgan fingerprint density at radius 2 is 2.17 bits per heavy atom. The molecule has 0 spiro atoms. The summed E-state index contributed by atoms with van der Waals surface area (Å²) in [5, 5.41) is 10.3. The lowest BCUT2D eigenvalue weighted by atomic mass is 9.72. The lowest BCUT2D eigenvalue weighted by Gasteiger charge is -2.44. The predicted octanol–water partition coefficient (Wildman–Crippen LogP) is 1.17. The van der Waals surface area contributed by atoms with Gasteiger partial charge in [0.15, 0.2) is 0 Å². The van der Waals surface area contributed by atoms with Crippen molar-refractivity contribution in [2.24, 2.45) is 11.7 Å². The lowest BCUT2D eigenvalue weighted by molar-refractivity contribution is -0.137. The Morgan fingerprint density at radius 3 is 2.88 bits per heavy atom. The zero-order valence-corrected chi connectivity index (χ0v) is 13.6. The monoisotopic (exact) mass is 327 g/mol. The van der Waals surface area contributed by atoms with Crippen LogP contribution >= 0.6 is 0 Å². The van der Waals surface area contributed by atoms with Crippen LogP contribution in [0.1, 0.15) is 23.5 Å². The van der Waals surface area contributed by atoms with Crippen molar-refractivity contribution < 1.29 is 14.7 Å². The zero-order chi connectivity index (χ0) is 17.0. The van der Waals surface area contributed by atoms with E-state index in [0.29, 0.717) is 12.6 Å². The van der Waals surface area contributed by atoms with E-state index in [-0.39, 0.29) is 24.3 Å². The SMILES string of the molecule is CN1CC(C(N)=O)C[C@@H]2c3cccc4c3c(cn4CC(=O)O)C[C@H]21. The van der Waals surface area contributed by atoms with Crippen LogP contribution in [0.5, 0.6) is 0 Å². The molecule has 3 atom stereocenters. The first-order valence-electron chi connectivity index (χ1n) is 8.27. The number of aliphatic carboxylic acids is 1. The standard InChI is InChI=1S/C18H21N3O3/c1-20-7-11(18(19)24)5-13-12-3-2-4-14-17(12)10(6-15(13)20)8-21(14)9-16(22)23/h2-4,8,11,13,15H,5-7,9H2,1H3,(H2,19,24)(H,22,23)/t11?,13-,15-/m1/s1. The molecule has 1 aliphatic heterocycles. The normalized spacial score (nSPS) is 26.3. The van der Waals surface area contributed by atoms with E-state index in [4.69, 9.17) is 10.8 Å². The zero-order valence-electron chi connectivity index (χ0n) is 13.6. The first-order valence-corrected chi connectivity index (χ1v) is 8.27. The minimum atomic E-state index is -0.841. The van der Waals surface area contributed by atoms with Gasteiger partial charge in [0.1, 0.15) is 6.54 Å². The number of piperidine rings is 1. The average Bonchev–Trinajstić information content (AvgIpc) is 2.86. The van der Waals surface area contributed by atoms with Crippen molar-refractivity contribution in [3.8, 4) is 0 Å². The van der Waals surface area contributed by atoms with E-state index < -0.39 is 5.97 Å². The molecule has 2 aromatic rings. The molecule has 1 amide bonds. The van der Waals surface area contributed by atoms with Crippen LogP contribution in [-0.4, -0.2) is 46.1 Å².